The predicted octanol–water partition coefficient (Wildman–Crippen LogP) is 1.90. The second-order valence-corrected chi connectivity index (χ2v) is 4.00. The van der Waals surface area contributed by atoms with E-state index in [4.69, 9.17) is 15.2 Å². The van der Waals surface area contributed by atoms with Gasteiger partial charge < -0.3 is 15.2 Å². The molecule has 0 saturated carbocycles. The van der Waals surface area contributed by atoms with Crippen molar-refractivity contribution in [3.63, 3.8) is 0 Å². The van der Waals surface area contributed by atoms with Gasteiger partial charge in [0.05, 0.1) is 13.7 Å². The zero-order valence-electron chi connectivity index (χ0n) is 9.16. The smallest absolute Gasteiger partial charge is 0.124 e. The van der Waals surface area contributed by atoms with Crippen LogP contribution in [0.15, 0.2) is 18.2 Å². The molecule has 0 amide bonds. The van der Waals surface area contributed by atoms with Gasteiger partial charge in [-0.1, -0.05) is 0 Å². The molecular weight excluding hydrogens is 210 g/mol. The zero-order chi connectivity index (χ0) is 11.1. The third kappa shape index (κ3) is 3.64. The van der Waals surface area contributed by atoms with Crippen molar-refractivity contribution in [1.29, 1.82) is 0 Å². The van der Waals surface area contributed by atoms with E-state index in [9.17, 15) is 0 Å². The van der Waals surface area contributed by atoms with Gasteiger partial charge in [0.2, 0.25) is 0 Å². The molecular formula is C11H17NO2S. The van der Waals surface area contributed by atoms with Gasteiger partial charge in [-0.3, -0.25) is 0 Å². The minimum Gasteiger partial charge on any atom is -0.497 e. The summed E-state index contributed by atoms with van der Waals surface area (Å²) in [5, 5.41) is 0. The molecule has 0 saturated heterocycles. The monoisotopic (exact) mass is 227 g/mol. The zero-order valence-corrected chi connectivity index (χ0v) is 9.97. The maximum Gasteiger partial charge on any atom is 0.124 e. The molecule has 0 heterocycles. The summed E-state index contributed by atoms with van der Waals surface area (Å²) < 4.78 is 10.7. The lowest BCUT2D eigenvalue weighted by Crippen LogP contribution is -2.05. The first-order chi connectivity index (χ1) is 7.31. The van der Waals surface area contributed by atoms with Crippen molar-refractivity contribution < 1.29 is 9.47 Å². The Morgan fingerprint density at radius 1 is 1.40 bits per heavy atom. The molecule has 0 aliphatic carbocycles. The summed E-state index contributed by atoms with van der Waals surface area (Å²) in [6.45, 7) is 1.17. The third-order valence-corrected chi connectivity index (χ3v) is 2.61. The minimum absolute atomic E-state index is 0.464. The normalized spacial score (nSPS) is 10.1. The molecule has 1 aromatic rings. The Morgan fingerprint density at radius 2 is 2.20 bits per heavy atom. The number of ether oxygens (including phenoxy) is 2. The number of thioether (sulfide) groups is 1. The quantitative estimate of drug-likeness (QED) is 0.754. The fourth-order valence-electron chi connectivity index (χ4n) is 1.22. The lowest BCUT2D eigenvalue weighted by atomic mass is 10.2. The molecule has 84 valence electrons. The second-order valence-electron chi connectivity index (χ2n) is 3.02. The van der Waals surface area contributed by atoms with Gasteiger partial charge in [0.15, 0.2) is 0 Å². The van der Waals surface area contributed by atoms with Crippen LogP contribution in [-0.2, 0) is 6.54 Å². The minimum atomic E-state index is 0.464. The Balaban J connectivity index is 2.69. The summed E-state index contributed by atoms with van der Waals surface area (Å²) >= 11 is 1.76. The van der Waals surface area contributed by atoms with Crippen LogP contribution < -0.4 is 15.2 Å². The van der Waals surface area contributed by atoms with Crippen molar-refractivity contribution in [2.75, 3.05) is 25.7 Å². The molecule has 0 atom stereocenters. The highest BCUT2D eigenvalue weighted by Crippen LogP contribution is 2.23. The first-order valence-corrected chi connectivity index (χ1v) is 6.20. The van der Waals surface area contributed by atoms with E-state index in [1.165, 1.54) is 0 Å². The molecule has 4 heteroatoms. The summed E-state index contributed by atoms with van der Waals surface area (Å²) in [6, 6.07) is 5.70. The van der Waals surface area contributed by atoms with E-state index in [2.05, 4.69) is 6.26 Å². The molecule has 0 radical (unpaired) electrons. The standard InChI is InChI=1S/C11H17NO2S/c1-13-10-3-4-11(9(7-10)8-12)14-5-6-15-2/h3-4,7H,5-6,8,12H2,1-2H3. The first kappa shape index (κ1) is 12.2. The van der Waals surface area contributed by atoms with Gasteiger partial charge in [0, 0.05) is 17.9 Å². The molecule has 1 aromatic carbocycles. The molecule has 0 aliphatic rings. The largest absolute Gasteiger partial charge is 0.497 e. The summed E-state index contributed by atoms with van der Waals surface area (Å²) in [5.74, 6) is 2.65. The van der Waals surface area contributed by atoms with Gasteiger partial charge in [-0.25, -0.2) is 0 Å². The van der Waals surface area contributed by atoms with Crippen LogP contribution in [0.25, 0.3) is 0 Å². The van der Waals surface area contributed by atoms with Crippen LogP contribution in [-0.4, -0.2) is 25.7 Å². The molecule has 0 aliphatic heterocycles. The first-order valence-electron chi connectivity index (χ1n) is 4.80. The third-order valence-electron chi connectivity index (χ3n) is 2.03. The molecule has 0 bridgehead atoms. The molecule has 15 heavy (non-hydrogen) atoms. The van der Waals surface area contributed by atoms with E-state index >= 15 is 0 Å². The van der Waals surface area contributed by atoms with Crippen molar-refractivity contribution >= 4 is 11.8 Å². The van der Waals surface area contributed by atoms with E-state index in [1.807, 2.05) is 18.2 Å². The topological polar surface area (TPSA) is 44.5 Å². The van der Waals surface area contributed by atoms with Gasteiger partial charge in [-0.15, -0.1) is 0 Å². The fraction of sp³-hybridized carbons (Fsp3) is 0.455. The Bertz CT molecular complexity index is 305. The van der Waals surface area contributed by atoms with Gasteiger partial charge >= 0.3 is 0 Å². The Morgan fingerprint density at radius 3 is 2.80 bits per heavy atom. The van der Waals surface area contributed by atoms with Crippen LogP contribution in [0.1, 0.15) is 5.56 Å². The Labute approximate surface area is 94.9 Å². The van der Waals surface area contributed by atoms with Gasteiger partial charge in [0.25, 0.3) is 0 Å². The van der Waals surface area contributed by atoms with Crippen LogP contribution in [0.2, 0.25) is 0 Å². The lowest BCUT2D eigenvalue weighted by Gasteiger charge is -2.11. The lowest BCUT2D eigenvalue weighted by molar-refractivity contribution is 0.339. The number of rotatable bonds is 6. The van der Waals surface area contributed by atoms with E-state index in [0.29, 0.717) is 13.2 Å². The highest BCUT2D eigenvalue weighted by molar-refractivity contribution is 7.98. The number of nitrogens with two attached hydrogens (primary N) is 1. The summed E-state index contributed by atoms with van der Waals surface area (Å²) in [5.41, 5.74) is 6.62. The Kier molecular flexibility index (Phi) is 5.36. The summed E-state index contributed by atoms with van der Waals surface area (Å²) in [7, 11) is 1.64. The van der Waals surface area contributed by atoms with E-state index < -0.39 is 0 Å². The van der Waals surface area contributed by atoms with Crippen LogP contribution in [0.5, 0.6) is 11.5 Å². The van der Waals surface area contributed by atoms with E-state index in [1.54, 1.807) is 18.9 Å². The Hall–Kier alpha value is -0.870. The molecule has 0 aromatic heterocycles. The fourth-order valence-corrected chi connectivity index (χ4v) is 1.47. The summed E-state index contributed by atoms with van der Waals surface area (Å²) in [4.78, 5) is 0. The average Bonchev–Trinajstić information content (AvgIpc) is 2.29. The van der Waals surface area contributed by atoms with Crippen LogP contribution in [0.4, 0.5) is 0 Å². The van der Waals surface area contributed by atoms with Crippen molar-refractivity contribution in [3.8, 4) is 11.5 Å². The SMILES string of the molecule is COc1ccc(OCCSC)c(CN)c1. The summed E-state index contributed by atoms with van der Waals surface area (Å²) in [6.07, 6.45) is 2.06. The van der Waals surface area contributed by atoms with Crippen LogP contribution in [0, 0.1) is 0 Å². The number of hydrogen-bond acceptors (Lipinski definition) is 4. The highest BCUT2D eigenvalue weighted by atomic mass is 32.2. The second kappa shape index (κ2) is 6.58. The highest BCUT2D eigenvalue weighted by Gasteiger charge is 2.03. The molecule has 1 rings (SSSR count). The van der Waals surface area contributed by atoms with Gasteiger partial charge in [-0.2, -0.15) is 11.8 Å². The van der Waals surface area contributed by atoms with E-state index in [0.717, 1.165) is 22.8 Å². The van der Waals surface area contributed by atoms with Gasteiger partial charge in [0.1, 0.15) is 11.5 Å². The molecule has 3 nitrogen and oxygen atoms in total. The maximum absolute atomic E-state index is 5.64. The van der Waals surface area contributed by atoms with Crippen molar-refractivity contribution in [1.82, 2.24) is 0 Å². The van der Waals surface area contributed by atoms with Crippen LogP contribution >= 0.6 is 11.8 Å². The molecule has 0 fully saturated rings. The van der Waals surface area contributed by atoms with Gasteiger partial charge in [-0.05, 0) is 24.5 Å². The number of hydrogen-bond donors (Lipinski definition) is 1. The molecule has 2 N–H and O–H groups in total. The van der Waals surface area contributed by atoms with Crippen LogP contribution in [0.3, 0.4) is 0 Å². The van der Waals surface area contributed by atoms with Crippen molar-refractivity contribution in [3.05, 3.63) is 23.8 Å². The van der Waals surface area contributed by atoms with E-state index in [-0.39, 0.29) is 0 Å². The maximum atomic E-state index is 5.64. The predicted molar refractivity (Wildman–Crippen MR) is 64.8 cm³/mol. The molecule has 0 unspecified atom stereocenters. The molecule has 0 spiro atoms. The van der Waals surface area contributed by atoms with Crippen molar-refractivity contribution in [2.45, 2.75) is 6.54 Å². The average molecular weight is 227 g/mol. The number of benzene rings is 1. The number of methoxy groups -OCH3 is 1. The van der Waals surface area contributed by atoms with Crippen molar-refractivity contribution in [2.24, 2.45) is 5.73 Å².